The highest BCUT2D eigenvalue weighted by Crippen LogP contribution is 2.45. The minimum Gasteiger partial charge on any atom is -0.458 e. The molecule has 0 saturated heterocycles. The van der Waals surface area contributed by atoms with Gasteiger partial charge in [-0.15, -0.1) is 0 Å². The molecular formula is C49H40BN3O. The molecule has 0 radical (unpaired) electrons. The second kappa shape index (κ2) is 14.4. The smallest absolute Gasteiger partial charge is 0.256 e. The Morgan fingerprint density at radius 2 is 1.06 bits per heavy atom. The van der Waals surface area contributed by atoms with Crippen molar-refractivity contribution in [3.05, 3.63) is 200 Å². The Morgan fingerprint density at radius 1 is 0.537 bits per heavy atom. The lowest BCUT2D eigenvalue weighted by Gasteiger charge is -2.41. The summed E-state index contributed by atoms with van der Waals surface area (Å²) in [4.78, 5) is 7.04. The first-order valence-electron chi connectivity index (χ1n) is 18.8. The first-order valence-corrected chi connectivity index (χ1v) is 18.8. The molecule has 0 bridgehead atoms. The van der Waals surface area contributed by atoms with E-state index in [9.17, 15) is 0 Å². The number of para-hydroxylation sites is 5. The van der Waals surface area contributed by atoms with Crippen LogP contribution < -0.4 is 35.8 Å². The van der Waals surface area contributed by atoms with Gasteiger partial charge in [0.1, 0.15) is 11.5 Å². The third-order valence-corrected chi connectivity index (χ3v) is 10.3. The van der Waals surface area contributed by atoms with Crippen LogP contribution in [0.1, 0.15) is 20.3 Å². The van der Waals surface area contributed by atoms with E-state index in [2.05, 4.69) is 223 Å². The van der Waals surface area contributed by atoms with Crippen LogP contribution in [-0.2, 0) is 0 Å². The van der Waals surface area contributed by atoms with Crippen LogP contribution in [0.15, 0.2) is 200 Å². The third-order valence-electron chi connectivity index (χ3n) is 10.3. The zero-order valence-electron chi connectivity index (χ0n) is 30.5. The van der Waals surface area contributed by atoms with Gasteiger partial charge in [0, 0.05) is 57.6 Å². The summed E-state index contributed by atoms with van der Waals surface area (Å²) < 4.78 is 7.19. The molecule has 0 amide bonds. The number of fused-ring (bicyclic) bond motifs is 4. The Balaban J connectivity index is 1.29. The lowest BCUT2D eigenvalue weighted by atomic mass is 9.34. The first kappa shape index (κ1) is 33.1. The van der Waals surface area contributed by atoms with E-state index in [-0.39, 0.29) is 6.71 Å². The average molecular weight is 698 g/mol. The van der Waals surface area contributed by atoms with Gasteiger partial charge in [0.25, 0.3) is 6.71 Å². The normalized spacial score (nSPS) is 12.8. The van der Waals surface area contributed by atoms with Crippen molar-refractivity contribution in [2.45, 2.75) is 20.3 Å². The largest absolute Gasteiger partial charge is 0.458 e. The fourth-order valence-electron chi connectivity index (χ4n) is 7.96. The highest BCUT2D eigenvalue weighted by atomic mass is 16.5. The van der Waals surface area contributed by atoms with E-state index in [1.54, 1.807) is 0 Å². The maximum atomic E-state index is 7.19. The van der Waals surface area contributed by atoms with Crippen molar-refractivity contribution >= 4 is 68.6 Å². The Hall–Kier alpha value is -6.72. The van der Waals surface area contributed by atoms with Gasteiger partial charge in [0.15, 0.2) is 0 Å². The Morgan fingerprint density at radius 3 is 1.61 bits per heavy atom. The molecule has 54 heavy (non-hydrogen) atoms. The number of ether oxygens (including phenoxy) is 1. The highest BCUT2D eigenvalue weighted by Gasteiger charge is 2.42. The van der Waals surface area contributed by atoms with Gasteiger partial charge >= 0.3 is 0 Å². The van der Waals surface area contributed by atoms with Crippen molar-refractivity contribution in [1.82, 2.24) is 0 Å². The van der Waals surface area contributed by atoms with Crippen LogP contribution >= 0.6 is 0 Å². The standard InChI is InChI=1S/C49H40BN3O/c1-3-5-20-36(4-2)53-45-30-19-18-29-43(45)50-44-32-31-41(51(37-21-10-6-11-22-37)38-23-12-7-13-24-38)34-47(44)54-48-35-42(33-46(53)49(48)50)52(39-25-14-8-15-26-39)40-27-16-9-17-28-40/h4-35H,3H2,1-2H3/b20-5-,36-4+. The van der Waals surface area contributed by atoms with Gasteiger partial charge < -0.3 is 19.4 Å². The minimum atomic E-state index is -0.0219. The van der Waals surface area contributed by atoms with E-state index in [0.717, 1.165) is 68.9 Å². The van der Waals surface area contributed by atoms with Crippen molar-refractivity contribution in [3.63, 3.8) is 0 Å². The van der Waals surface area contributed by atoms with E-state index in [4.69, 9.17) is 4.74 Å². The predicted octanol–water partition coefficient (Wildman–Crippen LogP) is 11.6. The second-order valence-corrected chi connectivity index (χ2v) is 13.6. The number of benzene rings is 7. The van der Waals surface area contributed by atoms with Crippen LogP contribution in [0.5, 0.6) is 11.5 Å². The van der Waals surface area contributed by atoms with Gasteiger partial charge in [-0.05, 0) is 103 Å². The molecule has 0 atom stereocenters. The van der Waals surface area contributed by atoms with Gasteiger partial charge in [0.05, 0.1) is 5.69 Å². The van der Waals surface area contributed by atoms with Crippen molar-refractivity contribution in [1.29, 1.82) is 0 Å². The van der Waals surface area contributed by atoms with Crippen LogP contribution in [0.4, 0.5) is 45.5 Å². The van der Waals surface area contributed by atoms with Crippen molar-refractivity contribution in [2.75, 3.05) is 14.7 Å². The van der Waals surface area contributed by atoms with Crippen LogP contribution in [0.2, 0.25) is 0 Å². The molecule has 9 rings (SSSR count). The molecule has 4 nitrogen and oxygen atoms in total. The molecule has 0 aliphatic carbocycles. The summed E-state index contributed by atoms with van der Waals surface area (Å²) in [6, 6.07) is 62.4. The van der Waals surface area contributed by atoms with Crippen LogP contribution in [0, 0.1) is 0 Å². The SMILES string of the molecule is C/C=C(\C=C/CC)N1c2ccccc2B2c3ccc(N(c4ccccc4)c4ccccc4)cc3Oc3cc(N(c4ccccc4)c4ccccc4)cc1c32. The maximum absolute atomic E-state index is 7.19. The third kappa shape index (κ3) is 5.84. The molecule has 2 aliphatic heterocycles. The number of anilines is 8. The van der Waals surface area contributed by atoms with E-state index in [0.29, 0.717) is 0 Å². The average Bonchev–Trinajstić information content (AvgIpc) is 3.23. The fourth-order valence-corrected chi connectivity index (χ4v) is 7.96. The van der Waals surface area contributed by atoms with Gasteiger partial charge in [-0.25, -0.2) is 0 Å². The minimum absolute atomic E-state index is 0.0219. The molecule has 0 fully saturated rings. The maximum Gasteiger partial charge on any atom is 0.256 e. The van der Waals surface area contributed by atoms with E-state index >= 15 is 0 Å². The lowest BCUT2D eigenvalue weighted by molar-refractivity contribution is 0.488. The molecular weight excluding hydrogens is 657 g/mol. The Kier molecular flexibility index (Phi) is 8.82. The molecule has 0 unspecified atom stereocenters. The van der Waals surface area contributed by atoms with E-state index in [1.165, 1.54) is 16.6 Å². The van der Waals surface area contributed by atoms with Gasteiger partial charge in [0.2, 0.25) is 0 Å². The molecule has 0 N–H and O–H groups in total. The highest BCUT2D eigenvalue weighted by molar-refractivity contribution is 6.99. The summed E-state index contributed by atoms with van der Waals surface area (Å²) in [5, 5.41) is 0. The molecule has 0 saturated carbocycles. The number of rotatable bonds is 9. The number of hydrogen-bond acceptors (Lipinski definition) is 4. The zero-order chi connectivity index (χ0) is 36.4. The van der Waals surface area contributed by atoms with Gasteiger partial charge in [-0.2, -0.15) is 0 Å². The molecule has 0 aromatic heterocycles. The van der Waals surface area contributed by atoms with Crippen molar-refractivity contribution in [2.24, 2.45) is 0 Å². The van der Waals surface area contributed by atoms with E-state index in [1.807, 2.05) is 0 Å². The van der Waals surface area contributed by atoms with Gasteiger partial charge in [-0.3, -0.25) is 0 Å². The van der Waals surface area contributed by atoms with Crippen molar-refractivity contribution < 1.29 is 4.74 Å². The molecule has 7 aromatic rings. The topological polar surface area (TPSA) is 19.0 Å². The molecule has 7 aromatic carbocycles. The molecule has 2 heterocycles. The van der Waals surface area contributed by atoms with Gasteiger partial charge in [-0.1, -0.05) is 116 Å². The monoisotopic (exact) mass is 697 g/mol. The summed E-state index contributed by atoms with van der Waals surface area (Å²) >= 11 is 0. The quantitative estimate of drug-likeness (QED) is 0.110. The molecule has 0 spiro atoms. The lowest BCUT2D eigenvalue weighted by Crippen LogP contribution is -2.59. The summed E-state index contributed by atoms with van der Waals surface area (Å²) in [5.41, 5.74) is 13.4. The second-order valence-electron chi connectivity index (χ2n) is 13.6. The van der Waals surface area contributed by atoms with Crippen molar-refractivity contribution in [3.8, 4) is 11.5 Å². The number of hydrogen-bond donors (Lipinski definition) is 0. The van der Waals surface area contributed by atoms with E-state index < -0.39 is 0 Å². The molecule has 5 heteroatoms. The zero-order valence-corrected chi connectivity index (χ0v) is 30.5. The number of nitrogens with zero attached hydrogens (tertiary/aromatic N) is 3. The van der Waals surface area contributed by atoms with Crippen LogP contribution in [-0.4, -0.2) is 6.71 Å². The summed E-state index contributed by atoms with van der Waals surface area (Å²) in [6.45, 7) is 4.28. The Labute approximate surface area is 318 Å². The first-order chi connectivity index (χ1) is 26.7. The molecule has 260 valence electrons. The fraction of sp³-hybridized carbons (Fsp3) is 0.0612. The predicted molar refractivity (Wildman–Crippen MR) is 229 cm³/mol. The summed E-state index contributed by atoms with van der Waals surface area (Å²) in [5.74, 6) is 1.71. The summed E-state index contributed by atoms with van der Waals surface area (Å²) in [6.07, 6.45) is 7.64. The summed E-state index contributed by atoms with van der Waals surface area (Å²) in [7, 11) is 0. The molecule has 2 aliphatic rings. The Bertz CT molecular complexity index is 2400. The van der Waals surface area contributed by atoms with Crippen LogP contribution in [0.3, 0.4) is 0 Å². The van der Waals surface area contributed by atoms with Crippen LogP contribution in [0.25, 0.3) is 0 Å². The number of allylic oxidation sites excluding steroid dienone is 3.